The zero-order valence-electron chi connectivity index (χ0n) is 7.76. The third-order valence-electron chi connectivity index (χ3n) is 1.58. The highest BCUT2D eigenvalue weighted by Gasteiger charge is 2.13. The molecule has 2 N–H and O–H groups in total. The minimum absolute atomic E-state index is 0.345. The van der Waals surface area contributed by atoms with Crippen molar-refractivity contribution in [2.24, 2.45) is 0 Å². The predicted octanol–water partition coefficient (Wildman–Crippen LogP) is 1.52. The van der Waals surface area contributed by atoms with Crippen molar-refractivity contribution < 1.29 is 27.9 Å². The molecule has 0 aliphatic heterocycles. The molecule has 0 aromatic heterocycles. The number of halogens is 3. The Kier molecular flexibility index (Phi) is 3.49. The molecule has 0 aliphatic carbocycles. The van der Waals surface area contributed by atoms with E-state index in [-0.39, 0.29) is 5.69 Å². The molecule has 0 bridgehead atoms. The summed E-state index contributed by atoms with van der Waals surface area (Å²) in [6.45, 7) is 0. The van der Waals surface area contributed by atoms with Crippen LogP contribution < -0.4 is 5.32 Å². The molecule has 0 heterocycles. The van der Waals surface area contributed by atoms with Gasteiger partial charge in [-0.1, -0.05) is 0 Å². The molecule has 86 valence electrons. The van der Waals surface area contributed by atoms with Gasteiger partial charge in [0.2, 0.25) is 5.91 Å². The molecule has 0 unspecified atom stereocenters. The van der Waals surface area contributed by atoms with E-state index >= 15 is 0 Å². The van der Waals surface area contributed by atoms with Crippen LogP contribution in [0.3, 0.4) is 0 Å². The highest BCUT2D eigenvalue weighted by atomic mass is 19.2. The van der Waals surface area contributed by atoms with Crippen molar-refractivity contribution in [2.45, 2.75) is 6.42 Å². The Balaban J connectivity index is 2.82. The van der Waals surface area contributed by atoms with E-state index in [9.17, 15) is 22.8 Å². The van der Waals surface area contributed by atoms with Crippen molar-refractivity contribution >= 4 is 17.6 Å². The fourth-order valence-electron chi connectivity index (χ4n) is 0.970. The monoisotopic (exact) mass is 233 g/mol. The van der Waals surface area contributed by atoms with Gasteiger partial charge in [-0.15, -0.1) is 0 Å². The van der Waals surface area contributed by atoms with E-state index in [1.807, 2.05) is 5.32 Å². The lowest BCUT2D eigenvalue weighted by atomic mass is 10.2. The topological polar surface area (TPSA) is 66.4 Å². The van der Waals surface area contributed by atoms with Crippen LogP contribution in [0.1, 0.15) is 6.42 Å². The quantitative estimate of drug-likeness (QED) is 0.614. The number of anilines is 1. The standard InChI is InChI=1S/C9H6F3NO3/c10-5-1-4(2-6(11)9(5)12)13-7(14)3-8(15)16/h1-2H,3H2,(H,13,14)(H,15,16). The third kappa shape index (κ3) is 2.97. The maximum absolute atomic E-state index is 12.7. The largest absolute Gasteiger partial charge is 0.481 e. The number of carboxylic acids is 1. The Morgan fingerprint density at radius 2 is 1.69 bits per heavy atom. The zero-order valence-corrected chi connectivity index (χ0v) is 7.76. The van der Waals surface area contributed by atoms with Crippen molar-refractivity contribution in [1.82, 2.24) is 0 Å². The van der Waals surface area contributed by atoms with Crippen LogP contribution in [0.25, 0.3) is 0 Å². The molecule has 0 saturated heterocycles. The molecule has 0 radical (unpaired) electrons. The van der Waals surface area contributed by atoms with Crippen LogP contribution in [0.15, 0.2) is 12.1 Å². The maximum Gasteiger partial charge on any atom is 0.312 e. The number of hydrogen-bond acceptors (Lipinski definition) is 2. The number of aliphatic carboxylic acids is 1. The fraction of sp³-hybridized carbons (Fsp3) is 0.111. The molecule has 1 aromatic carbocycles. The van der Waals surface area contributed by atoms with Gasteiger partial charge in [0.05, 0.1) is 0 Å². The molecule has 0 fully saturated rings. The van der Waals surface area contributed by atoms with Crippen LogP contribution in [0.4, 0.5) is 18.9 Å². The van der Waals surface area contributed by atoms with Crippen LogP contribution in [0, 0.1) is 17.5 Å². The van der Waals surface area contributed by atoms with Gasteiger partial charge < -0.3 is 10.4 Å². The SMILES string of the molecule is O=C(O)CC(=O)Nc1cc(F)c(F)c(F)c1. The zero-order chi connectivity index (χ0) is 12.3. The van der Waals surface area contributed by atoms with Gasteiger partial charge in [0.15, 0.2) is 17.5 Å². The Bertz CT molecular complexity index is 425. The van der Waals surface area contributed by atoms with Crippen molar-refractivity contribution in [2.75, 3.05) is 5.32 Å². The smallest absolute Gasteiger partial charge is 0.312 e. The van der Waals surface area contributed by atoms with Crippen molar-refractivity contribution in [3.05, 3.63) is 29.6 Å². The third-order valence-corrected chi connectivity index (χ3v) is 1.58. The number of rotatable bonds is 3. The Morgan fingerprint density at radius 1 is 1.19 bits per heavy atom. The molecule has 1 amide bonds. The molecule has 0 spiro atoms. The Labute approximate surface area is 87.7 Å². The van der Waals surface area contributed by atoms with Crippen LogP contribution in [0.2, 0.25) is 0 Å². The average molecular weight is 233 g/mol. The number of hydrogen-bond donors (Lipinski definition) is 2. The number of carboxylic acid groups (broad SMARTS) is 1. The molecular weight excluding hydrogens is 227 g/mol. The van der Waals surface area contributed by atoms with E-state index in [4.69, 9.17) is 5.11 Å². The lowest BCUT2D eigenvalue weighted by molar-refractivity contribution is -0.139. The second-order valence-electron chi connectivity index (χ2n) is 2.87. The number of benzene rings is 1. The summed E-state index contributed by atoms with van der Waals surface area (Å²) in [6.07, 6.45) is -0.847. The summed E-state index contributed by atoms with van der Waals surface area (Å²) < 4.78 is 37.8. The van der Waals surface area contributed by atoms with Gasteiger partial charge in [0.25, 0.3) is 0 Å². The van der Waals surface area contributed by atoms with Gasteiger partial charge in [-0.05, 0) is 0 Å². The Hall–Kier alpha value is -2.05. The molecule has 16 heavy (non-hydrogen) atoms. The van der Waals surface area contributed by atoms with Gasteiger partial charge in [0.1, 0.15) is 6.42 Å². The van der Waals surface area contributed by atoms with Crippen LogP contribution in [-0.4, -0.2) is 17.0 Å². The number of carbonyl (C=O) groups excluding carboxylic acids is 1. The molecule has 1 aromatic rings. The average Bonchev–Trinajstić information content (AvgIpc) is 2.12. The van der Waals surface area contributed by atoms with Crippen LogP contribution in [-0.2, 0) is 9.59 Å². The summed E-state index contributed by atoms with van der Waals surface area (Å²) >= 11 is 0. The van der Waals surface area contributed by atoms with Crippen LogP contribution in [0.5, 0.6) is 0 Å². The molecule has 4 nitrogen and oxygen atoms in total. The van der Waals surface area contributed by atoms with Gasteiger partial charge >= 0.3 is 5.97 Å². The van der Waals surface area contributed by atoms with E-state index in [0.717, 1.165) is 0 Å². The van der Waals surface area contributed by atoms with Gasteiger partial charge in [-0.2, -0.15) is 0 Å². The summed E-state index contributed by atoms with van der Waals surface area (Å²) in [5, 5.41) is 10.2. The second-order valence-corrected chi connectivity index (χ2v) is 2.87. The summed E-state index contributed by atoms with van der Waals surface area (Å²) in [5.74, 6) is -6.94. The Morgan fingerprint density at radius 3 is 2.12 bits per heavy atom. The summed E-state index contributed by atoms with van der Waals surface area (Å²) in [4.78, 5) is 21.0. The first kappa shape index (κ1) is 12.0. The lowest BCUT2D eigenvalue weighted by Crippen LogP contribution is -2.16. The van der Waals surface area contributed by atoms with Crippen molar-refractivity contribution in [1.29, 1.82) is 0 Å². The van der Waals surface area contributed by atoms with Gasteiger partial charge in [-0.25, -0.2) is 13.2 Å². The first-order valence-electron chi connectivity index (χ1n) is 4.06. The number of amides is 1. The highest BCUT2D eigenvalue weighted by molar-refractivity contribution is 6.01. The minimum Gasteiger partial charge on any atom is -0.481 e. The normalized spacial score (nSPS) is 9.94. The lowest BCUT2D eigenvalue weighted by Gasteiger charge is -2.04. The first-order valence-corrected chi connectivity index (χ1v) is 4.06. The van der Waals surface area contributed by atoms with E-state index in [0.29, 0.717) is 12.1 Å². The summed E-state index contributed by atoms with van der Waals surface area (Å²) in [5.41, 5.74) is -0.345. The minimum atomic E-state index is -1.66. The molecule has 7 heteroatoms. The van der Waals surface area contributed by atoms with Crippen molar-refractivity contribution in [3.63, 3.8) is 0 Å². The molecule has 0 saturated carbocycles. The number of carbonyl (C=O) groups is 2. The molecule has 1 rings (SSSR count). The van der Waals surface area contributed by atoms with E-state index in [1.54, 1.807) is 0 Å². The summed E-state index contributed by atoms with van der Waals surface area (Å²) in [6, 6.07) is 1.11. The van der Waals surface area contributed by atoms with Gasteiger partial charge in [-0.3, -0.25) is 9.59 Å². The van der Waals surface area contributed by atoms with E-state index in [2.05, 4.69) is 0 Å². The predicted molar refractivity (Wildman–Crippen MR) is 47.2 cm³/mol. The van der Waals surface area contributed by atoms with Gasteiger partial charge in [0, 0.05) is 17.8 Å². The first-order chi connectivity index (χ1) is 7.40. The maximum atomic E-state index is 12.7. The van der Waals surface area contributed by atoms with Crippen molar-refractivity contribution in [3.8, 4) is 0 Å². The highest BCUT2D eigenvalue weighted by Crippen LogP contribution is 2.17. The van der Waals surface area contributed by atoms with E-state index < -0.39 is 35.7 Å². The van der Waals surface area contributed by atoms with E-state index in [1.165, 1.54) is 0 Å². The molecule has 0 atom stereocenters. The fourth-order valence-corrected chi connectivity index (χ4v) is 0.970. The molecule has 0 aliphatic rings. The molecular formula is C9H6F3NO3. The second kappa shape index (κ2) is 4.65. The summed E-state index contributed by atoms with van der Waals surface area (Å²) in [7, 11) is 0. The number of nitrogens with one attached hydrogen (secondary N) is 1. The van der Waals surface area contributed by atoms with Crippen LogP contribution >= 0.6 is 0 Å².